The first-order valence-corrected chi connectivity index (χ1v) is 9.57. The molecule has 1 aliphatic rings. The molecule has 2 aromatic carbocycles. The van der Waals surface area contributed by atoms with Crippen LogP contribution in [-0.4, -0.2) is 30.1 Å². The number of aromatic hydroxyl groups is 1. The van der Waals surface area contributed by atoms with E-state index in [0.29, 0.717) is 11.5 Å². The number of rotatable bonds is 7. The molecular weight excluding hydrogens is 324 g/mol. The Labute approximate surface area is 155 Å². The molecule has 0 spiro atoms. The summed E-state index contributed by atoms with van der Waals surface area (Å²) in [6.45, 7) is 2.03. The minimum atomic E-state index is -0.0553. The monoisotopic (exact) mass is 352 g/mol. The predicted octanol–water partition coefficient (Wildman–Crippen LogP) is 3.51. The molecule has 26 heavy (non-hydrogen) atoms. The van der Waals surface area contributed by atoms with Crippen molar-refractivity contribution >= 4 is 5.91 Å². The van der Waals surface area contributed by atoms with Crippen molar-refractivity contribution in [3.63, 3.8) is 0 Å². The Bertz CT molecular complexity index is 679. The summed E-state index contributed by atoms with van der Waals surface area (Å²) in [5, 5.41) is 16.1. The molecule has 2 unspecified atom stereocenters. The molecule has 0 saturated carbocycles. The fraction of sp³-hybridized carbons (Fsp3) is 0.409. The van der Waals surface area contributed by atoms with E-state index in [1.54, 1.807) is 24.3 Å². The maximum Gasteiger partial charge on any atom is 0.251 e. The minimum absolute atomic E-state index is 0.0553. The minimum Gasteiger partial charge on any atom is -0.508 e. The zero-order valence-corrected chi connectivity index (χ0v) is 15.2. The molecule has 1 aliphatic heterocycles. The highest BCUT2D eigenvalue weighted by atomic mass is 16.3. The second-order valence-electron chi connectivity index (χ2n) is 7.11. The van der Waals surface area contributed by atoms with Gasteiger partial charge in [-0.3, -0.25) is 4.79 Å². The number of carbonyl (C=O) groups is 1. The molecule has 0 radical (unpaired) electrons. The van der Waals surface area contributed by atoms with Crippen LogP contribution in [0.2, 0.25) is 0 Å². The zero-order valence-electron chi connectivity index (χ0n) is 15.2. The van der Waals surface area contributed by atoms with Gasteiger partial charge in [-0.05, 0) is 80.9 Å². The number of benzene rings is 2. The van der Waals surface area contributed by atoms with Gasteiger partial charge in [0.15, 0.2) is 0 Å². The molecule has 4 nitrogen and oxygen atoms in total. The first-order valence-electron chi connectivity index (χ1n) is 9.57. The lowest BCUT2D eigenvalue weighted by molar-refractivity contribution is 0.0911. The first kappa shape index (κ1) is 18.5. The number of phenolic OH excluding ortho intramolecular Hbond substituents is 1. The van der Waals surface area contributed by atoms with Gasteiger partial charge in [0.05, 0.1) is 0 Å². The Morgan fingerprint density at radius 1 is 1.15 bits per heavy atom. The Balaban J connectivity index is 1.60. The molecule has 1 heterocycles. The van der Waals surface area contributed by atoms with Gasteiger partial charge in [-0.15, -0.1) is 0 Å². The molecule has 0 aromatic heterocycles. The van der Waals surface area contributed by atoms with Crippen molar-refractivity contribution < 1.29 is 9.90 Å². The molecule has 2 aromatic rings. The van der Waals surface area contributed by atoms with E-state index in [9.17, 15) is 9.90 Å². The number of carbonyl (C=O) groups excluding carboxylic acids is 1. The van der Waals surface area contributed by atoms with E-state index in [1.165, 1.54) is 5.56 Å². The van der Waals surface area contributed by atoms with Gasteiger partial charge in [0.25, 0.3) is 5.91 Å². The molecule has 138 valence electrons. The average Bonchev–Trinajstić information content (AvgIpc) is 2.69. The fourth-order valence-electron chi connectivity index (χ4n) is 3.68. The first-order chi connectivity index (χ1) is 12.7. The van der Waals surface area contributed by atoms with Crippen LogP contribution in [0.4, 0.5) is 0 Å². The lowest BCUT2D eigenvalue weighted by atomic mass is 9.88. The lowest BCUT2D eigenvalue weighted by Crippen LogP contribution is -2.46. The van der Waals surface area contributed by atoms with Crippen LogP contribution >= 0.6 is 0 Å². The predicted molar refractivity (Wildman–Crippen MR) is 104 cm³/mol. The second-order valence-corrected chi connectivity index (χ2v) is 7.11. The Hall–Kier alpha value is -2.33. The Morgan fingerprint density at radius 3 is 2.62 bits per heavy atom. The molecule has 1 fully saturated rings. The molecule has 3 N–H and O–H groups in total. The maximum atomic E-state index is 12.6. The second kappa shape index (κ2) is 9.39. The van der Waals surface area contributed by atoms with Crippen LogP contribution in [0.15, 0.2) is 54.6 Å². The van der Waals surface area contributed by atoms with Gasteiger partial charge < -0.3 is 15.7 Å². The van der Waals surface area contributed by atoms with Crippen molar-refractivity contribution in [3.05, 3.63) is 65.7 Å². The van der Waals surface area contributed by atoms with E-state index in [1.807, 2.05) is 6.07 Å². The molecule has 3 rings (SSSR count). The van der Waals surface area contributed by atoms with Crippen molar-refractivity contribution in [2.75, 3.05) is 13.1 Å². The number of phenols is 1. The van der Waals surface area contributed by atoms with E-state index in [4.69, 9.17) is 0 Å². The molecule has 1 amide bonds. The summed E-state index contributed by atoms with van der Waals surface area (Å²) >= 11 is 0. The van der Waals surface area contributed by atoms with Gasteiger partial charge in [0.2, 0.25) is 0 Å². The molecule has 0 aliphatic carbocycles. The largest absolute Gasteiger partial charge is 0.508 e. The number of nitrogens with one attached hydrogen (secondary N) is 2. The van der Waals surface area contributed by atoms with Crippen molar-refractivity contribution in [1.82, 2.24) is 10.6 Å². The van der Waals surface area contributed by atoms with Crippen molar-refractivity contribution in [2.24, 2.45) is 5.92 Å². The summed E-state index contributed by atoms with van der Waals surface area (Å²) in [6, 6.07) is 17.1. The van der Waals surface area contributed by atoms with Crippen LogP contribution in [0.1, 0.15) is 41.6 Å². The Morgan fingerprint density at radius 2 is 1.92 bits per heavy atom. The maximum absolute atomic E-state index is 12.6. The number of hydrogen-bond donors (Lipinski definition) is 3. The topological polar surface area (TPSA) is 61.4 Å². The van der Waals surface area contributed by atoms with Crippen molar-refractivity contribution in [3.8, 4) is 5.75 Å². The number of hydrogen-bond acceptors (Lipinski definition) is 3. The third-order valence-corrected chi connectivity index (χ3v) is 5.17. The van der Waals surface area contributed by atoms with Crippen LogP contribution in [-0.2, 0) is 6.42 Å². The van der Waals surface area contributed by atoms with Gasteiger partial charge in [0.1, 0.15) is 5.75 Å². The highest BCUT2D eigenvalue weighted by molar-refractivity contribution is 5.94. The molecular formula is C22H28N2O2. The lowest BCUT2D eigenvalue weighted by Gasteiger charge is -2.31. The van der Waals surface area contributed by atoms with Gasteiger partial charge in [-0.2, -0.15) is 0 Å². The summed E-state index contributed by atoms with van der Waals surface area (Å²) in [7, 11) is 0. The van der Waals surface area contributed by atoms with E-state index < -0.39 is 0 Å². The van der Waals surface area contributed by atoms with Gasteiger partial charge in [-0.1, -0.05) is 30.3 Å². The third kappa shape index (κ3) is 5.33. The van der Waals surface area contributed by atoms with Crippen LogP contribution in [0.25, 0.3) is 0 Å². The van der Waals surface area contributed by atoms with Gasteiger partial charge in [0, 0.05) is 11.6 Å². The standard InChI is InChI=1S/C22H28N2O2/c25-20-13-11-18(12-14-20)22(26)24-21(19-9-5-15-23-16-19)10-4-8-17-6-2-1-3-7-17/h1-3,6-7,11-14,19,21,23,25H,4-5,8-10,15-16H2,(H,24,26). The van der Waals surface area contributed by atoms with Gasteiger partial charge in [-0.25, -0.2) is 0 Å². The number of amides is 1. The summed E-state index contributed by atoms with van der Waals surface area (Å²) < 4.78 is 0. The van der Waals surface area contributed by atoms with Gasteiger partial charge >= 0.3 is 0 Å². The summed E-state index contributed by atoms with van der Waals surface area (Å²) in [5.41, 5.74) is 1.94. The molecule has 1 saturated heterocycles. The average molecular weight is 352 g/mol. The van der Waals surface area contributed by atoms with Crippen LogP contribution in [0, 0.1) is 5.92 Å². The molecule has 2 atom stereocenters. The highest BCUT2D eigenvalue weighted by Crippen LogP contribution is 2.20. The van der Waals surface area contributed by atoms with Crippen LogP contribution in [0.3, 0.4) is 0 Å². The molecule has 0 bridgehead atoms. The van der Waals surface area contributed by atoms with Crippen molar-refractivity contribution in [1.29, 1.82) is 0 Å². The van der Waals surface area contributed by atoms with E-state index in [-0.39, 0.29) is 17.7 Å². The Kier molecular flexibility index (Phi) is 6.67. The van der Waals surface area contributed by atoms with E-state index in [0.717, 1.165) is 45.2 Å². The molecule has 4 heteroatoms. The third-order valence-electron chi connectivity index (χ3n) is 5.17. The van der Waals surface area contributed by atoms with Crippen molar-refractivity contribution in [2.45, 2.75) is 38.1 Å². The van der Waals surface area contributed by atoms with Crippen LogP contribution in [0.5, 0.6) is 5.75 Å². The van der Waals surface area contributed by atoms with E-state index in [2.05, 4.69) is 34.9 Å². The zero-order chi connectivity index (χ0) is 18.2. The quantitative estimate of drug-likeness (QED) is 0.714. The van der Waals surface area contributed by atoms with E-state index >= 15 is 0 Å². The highest BCUT2D eigenvalue weighted by Gasteiger charge is 2.25. The van der Waals surface area contributed by atoms with Crippen LogP contribution < -0.4 is 10.6 Å². The summed E-state index contributed by atoms with van der Waals surface area (Å²) in [5.74, 6) is 0.596. The number of aryl methyl sites for hydroxylation is 1. The summed E-state index contributed by atoms with van der Waals surface area (Å²) in [4.78, 5) is 12.6. The number of piperidine rings is 1. The SMILES string of the molecule is O=C(NC(CCCc1ccccc1)C1CCCNC1)c1ccc(O)cc1. The smallest absolute Gasteiger partial charge is 0.251 e. The normalized spacial score (nSPS) is 18.2. The summed E-state index contributed by atoms with van der Waals surface area (Å²) in [6.07, 6.45) is 5.38. The fourth-order valence-corrected chi connectivity index (χ4v) is 3.68.